The van der Waals surface area contributed by atoms with Gasteiger partial charge < -0.3 is 20.1 Å². The molecule has 0 bridgehead atoms. The number of nitrogens with zero attached hydrogens (tertiary/aromatic N) is 1. The first-order valence-corrected chi connectivity index (χ1v) is 8.10. The van der Waals surface area contributed by atoms with Crippen molar-refractivity contribution in [3.8, 4) is 0 Å². The van der Waals surface area contributed by atoms with Crippen molar-refractivity contribution in [1.29, 1.82) is 0 Å². The number of likely N-dealkylation sites (tertiary alicyclic amines) is 1. The lowest BCUT2D eigenvalue weighted by atomic mass is 9.89. The Morgan fingerprint density at radius 2 is 2.09 bits per heavy atom. The number of aliphatic hydroxyl groups is 1. The normalized spacial score (nSPS) is 28.0. The number of carbonyl (C=O) groups is 1. The van der Waals surface area contributed by atoms with E-state index in [0.717, 1.165) is 32.2 Å². The molecule has 2 amide bonds. The average molecular weight is 304 g/mol. The zero-order valence-electron chi connectivity index (χ0n) is 12.8. The first-order valence-electron chi connectivity index (χ1n) is 8.10. The Balaban J connectivity index is 1.34. The van der Waals surface area contributed by atoms with Crippen LogP contribution >= 0.6 is 0 Å². The number of hydrogen-bond donors (Lipinski definition) is 2. The van der Waals surface area contributed by atoms with E-state index < -0.39 is 0 Å². The van der Waals surface area contributed by atoms with E-state index in [2.05, 4.69) is 17.4 Å². The number of piperidine rings is 1. The molecule has 0 unspecified atom stereocenters. The first-order chi connectivity index (χ1) is 10.7. The van der Waals surface area contributed by atoms with Crippen LogP contribution in [0.1, 0.15) is 31.2 Å². The smallest absolute Gasteiger partial charge is 0.317 e. The topological polar surface area (TPSA) is 61.8 Å². The molecule has 1 aromatic carbocycles. The van der Waals surface area contributed by atoms with E-state index in [-0.39, 0.29) is 24.3 Å². The van der Waals surface area contributed by atoms with Crippen LogP contribution in [0.15, 0.2) is 30.3 Å². The van der Waals surface area contributed by atoms with Crippen LogP contribution in [0, 0.1) is 0 Å². The number of amides is 2. The van der Waals surface area contributed by atoms with Crippen molar-refractivity contribution in [2.75, 3.05) is 13.1 Å². The summed E-state index contributed by atoms with van der Waals surface area (Å²) in [5.74, 6) is 0. The van der Waals surface area contributed by atoms with Gasteiger partial charge in [0.1, 0.15) is 0 Å². The van der Waals surface area contributed by atoms with E-state index in [1.54, 1.807) is 4.90 Å². The van der Waals surface area contributed by atoms with Crippen LogP contribution in [0.2, 0.25) is 0 Å². The average Bonchev–Trinajstić information content (AvgIpc) is 2.50. The molecule has 2 fully saturated rings. The molecule has 22 heavy (non-hydrogen) atoms. The van der Waals surface area contributed by atoms with E-state index in [1.165, 1.54) is 5.56 Å². The van der Waals surface area contributed by atoms with Gasteiger partial charge >= 0.3 is 6.03 Å². The number of aliphatic hydroxyl groups excluding tert-OH is 1. The number of β-amino-alcohol motifs (C(OH)–C–C–N with tert-alkyl or cyclic N) is 1. The summed E-state index contributed by atoms with van der Waals surface area (Å²) in [6, 6.07) is 10.3. The molecule has 2 aliphatic rings. The molecule has 1 saturated carbocycles. The molecule has 2 N–H and O–H groups in total. The van der Waals surface area contributed by atoms with Crippen LogP contribution < -0.4 is 5.32 Å². The van der Waals surface area contributed by atoms with Gasteiger partial charge in [-0.2, -0.15) is 0 Å². The number of carbonyl (C=O) groups excluding carboxylic acids is 1. The highest BCUT2D eigenvalue weighted by atomic mass is 16.5. The Morgan fingerprint density at radius 3 is 2.82 bits per heavy atom. The summed E-state index contributed by atoms with van der Waals surface area (Å²) in [4.78, 5) is 13.8. The van der Waals surface area contributed by atoms with Gasteiger partial charge in [0.2, 0.25) is 0 Å². The SMILES string of the molecule is O=C(NC1CC(OCc2ccccc2)C1)N1CCC[C@@H](O)C1. The van der Waals surface area contributed by atoms with Gasteiger partial charge in [-0.15, -0.1) is 0 Å². The summed E-state index contributed by atoms with van der Waals surface area (Å²) < 4.78 is 5.83. The molecule has 1 aliphatic carbocycles. The monoisotopic (exact) mass is 304 g/mol. The van der Waals surface area contributed by atoms with Crippen LogP contribution in [0.5, 0.6) is 0 Å². The van der Waals surface area contributed by atoms with Crippen molar-refractivity contribution in [3.05, 3.63) is 35.9 Å². The van der Waals surface area contributed by atoms with E-state index >= 15 is 0 Å². The molecular formula is C17H24N2O3. The van der Waals surface area contributed by atoms with Crippen LogP contribution in [0.4, 0.5) is 4.79 Å². The fourth-order valence-corrected chi connectivity index (χ4v) is 3.01. The Labute approximate surface area is 131 Å². The lowest BCUT2D eigenvalue weighted by Gasteiger charge is -2.38. The number of benzene rings is 1. The fraction of sp³-hybridized carbons (Fsp3) is 0.588. The number of hydrogen-bond acceptors (Lipinski definition) is 3. The largest absolute Gasteiger partial charge is 0.391 e. The second-order valence-corrected chi connectivity index (χ2v) is 6.28. The van der Waals surface area contributed by atoms with Crippen LogP contribution in [0.25, 0.3) is 0 Å². The standard InChI is InChI=1S/C17H24N2O3/c20-15-7-4-8-19(11-15)17(21)18-14-9-16(10-14)22-12-13-5-2-1-3-6-13/h1-3,5-6,14-16,20H,4,7-12H2,(H,18,21)/t14?,15-,16?/m1/s1. The van der Waals surface area contributed by atoms with Crippen molar-refractivity contribution >= 4 is 6.03 Å². The highest BCUT2D eigenvalue weighted by molar-refractivity contribution is 5.74. The third-order valence-electron chi connectivity index (χ3n) is 4.43. The van der Waals surface area contributed by atoms with Crippen molar-refractivity contribution in [3.63, 3.8) is 0 Å². The summed E-state index contributed by atoms with van der Waals surface area (Å²) in [5.41, 5.74) is 1.18. The number of ether oxygens (including phenoxy) is 1. The molecule has 0 spiro atoms. The zero-order valence-corrected chi connectivity index (χ0v) is 12.8. The molecular weight excluding hydrogens is 280 g/mol. The van der Waals surface area contributed by atoms with Gasteiger partial charge in [-0.3, -0.25) is 0 Å². The van der Waals surface area contributed by atoms with E-state index in [9.17, 15) is 9.90 Å². The molecule has 0 radical (unpaired) electrons. The molecule has 1 atom stereocenters. The van der Waals surface area contributed by atoms with Crippen LogP contribution in [-0.4, -0.2) is 47.4 Å². The maximum Gasteiger partial charge on any atom is 0.317 e. The molecule has 120 valence electrons. The van der Waals surface area contributed by atoms with Gasteiger partial charge in [0.15, 0.2) is 0 Å². The van der Waals surface area contributed by atoms with Crippen molar-refractivity contribution < 1.29 is 14.6 Å². The fourth-order valence-electron chi connectivity index (χ4n) is 3.01. The van der Waals surface area contributed by atoms with Crippen LogP contribution in [-0.2, 0) is 11.3 Å². The summed E-state index contributed by atoms with van der Waals surface area (Å²) in [7, 11) is 0. The van der Waals surface area contributed by atoms with Gasteiger partial charge in [-0.05, 0) is 31.2 Å². The van der Waals surface area contributed by atoms with Gasteiger partial charge in [-0.25, -0.2) is 4.79 Å². The van der Waals surface area contributed by atoms with Crippen molar-refractivity contribution in [2.45, 2.75) is 50.5 Å². The predicted octanol–water partition coefficient (Wildman–Crippen LogP) is 1.90. The summed E-state index contributed by atoms with van der Waals surface area (Å²) in [6.07, 6.45) is 3.27. The Kier molecular flexibility index (Phi) is 4.95. The highest BCUT2D eigenvalue weighted by Gasteiger charge is 2.32. The first kappa shape index (κ1) is 15.3. The Hall–Kier alpha value is -1.59. The molecule has 1 heterocycles. The summed E-state index contributed by atoms with van der Waals surface area (Å²) in [5, 5.41) is 12.6. The number of nitrogens with one attached hydrogen (secondary N) is 1. The Bertz CT molecular complexity index is 488. The van der Waals surface area contributed by atoms with Crippen LogP contribution in [0.3, 0.4) is 0 Å². The molecule has 0 aromatic heterocycles. The second-order valence-electron chi connectivity index (χ2n) is 6.28. The lowest BCUT2D eigenvalue weighted by Crippen LogP contribution is -2.54. The Morgan fingerprint density at radius 1 is 1.32 bits per heavy atom. The minimum Gasteiger partial charge on any atom is -0.391 e. The lowest BCUT2D eigenvalue weighted by molar-refractivity contribution is -0.0254. The van der Waals surface area contributed by atoms with Gasteiger partial charge in [0, 0.05) is 19.1 Å². The van der Waals surface area contributed by atoms with Gasteiger partial charge in [0.25, 0.3) is 0 Å². The zero-order chi connectivity index (χ0) is 15.4. The molecule has 1 aromatic rings. The van der Waals surface area contributed by atoms with E-state index in [1.807, 2.05) is 18.2 Å². The number of rotatable bonds is 4. The minimum atomic E-state index is -0.372. The maximum atomic E-state index is 12.1. The third-order valence-corrected chi connectivity index (χ3v) is 4.43. The molecule has 1 aliphatic heterocycles. The molecule has 5 heteroatoms. The molecule has 1 saturated heterocycles. The number of urea groups is 1. The summed E-state index contributed by atoms with van der Waals surface area (Å²) in [6.45, 7) is 1.82. The molecule has 3 rings (SSSR count). The third kappa shape index (κ3) is 3.99. The quantitative estimate of drug-likeness (QED) is 0.893. The predicted molar refractivity (Wildman–Crippen MR) is 83.4 cm³/mol. The second kappa shape index (κ2) is 7.11. The van der Waals surface area contributed by atoms with Crippen molar-refractivity contribution in [2.24, 2.45) is 0 Å². The highest BCUT2D eigenvalue weighted by Crippen LogP contribution is 2.25. The van der Waals surface area contributed by atoms with Gasteiger partial charge in [0.05, 0.1) is 18.8 Å². The van der Waals surface area contributed by atoms with E-state index in [4.69, 9.17) is 4.74 Å². The van der Waals surface area contributed by atoms with E-state index in [0.29, 0.717) is 13.2 Å². The van der Waals surface area contributed by atoms with Gasteiger partial charge in [-0.1, -0.05) is 30.3 Å². The maximum absolute atomic E-state index is 12.1. The summed E-state index contributed by atoms with van der Waals surface area (Å²) >= 11 is 0. The van der Waals surface area contributed by atoms with Crippen molar-refractivity contribution in [1.82, 2.24) is 10.2 Å². The minimum absolute atomic E-state index is 0.0507. The molecule has 5 nitrogen and oxygen atoms in total.